The maximum Gasteiger partial charge on any atom is 0.203 e. The van der Waals surface area contributed by atoms with Gasteiger partial charge in [0.15, 0.2) is 0 Å². The van der Waals surface area contributed by atoms with E-state index in [9.17, 15) is 0 Å². The van der Waals surface area contributed by atoms with Gasteiger partial charge in [0.05, 0.1) is 11.9 Å². The first kappa shape index (κ1) is 15.0. The first-order valence-corrected chi connectivity index (χ1v) is 8.62. The molecule has 0 saturated carbocycles. The lowest BCUT2D eigenvalue weighted by Crippen LogP contribution is -2.35. The second-order valence-corrected chi connectivity index (χ2v) is 6.80. The molecule has 1 aromatic heterocycles. The van der Waals surface area contributed by atoms with Gasteiger partial charge in [-0.2, -0.15) is 5.10 Å². The maximum atomic E-state index is 4.33. The first-order valence-electron chi connectivity index (χ1n) is 7.74. The Balaban J connectivity index is 1.73. The summed E-state index contributed by atoms with van der Waals surface area (Å²) in [6.45, 7) is 7.65. The fraction of sp³-hybridized carbons (Fsp3) is 0.412. The molecule has 0 fully saturated rings. The summed E-state index contributed by atoms with van der Waals surface area (Å²) in [6, 6.07) is 7.16. The molecule has 4 nitrogen and oxygen atoms in total. The van der Waals surface area contributed by atoms with Crippen LogP contribution in [0, 0.1) is 6.92 Å². The van der Waals surface area contributed by atoms with E-state index in [-0.39, 0.29) is 0 Å². The molecule has 116 valence electrons. The molecule has 0 saturated heterocycles. The summed E-state index contributed by atoms with van der Waals surface area (Å²) in [5.74, 6) is 0. The fourth-order valence-corrected chi connectivity index (χ4v) is 3.47. The number of hydrazone groups is 1. The molecule has 0 atom stereocenters. The second kappa shape index (κ2) is 6.48. The molecule has 1 aromatic carbocycles. The number of aryl methyl sites for hydroxylation is 2. The van der Waals surface area contributed by atoms with E-state index in [4.69, 9.17) is 0 Å². The summed E-state index contributed by atoms with van der Waals surface area (Å²) in [5.41, 5.74) is 7.94. The van der Waals surface area contributed by atoms with Crippen molar-refractivity contribution in [1.29, 1.82) is 0 Å². The van der Waals surface area contributed by atoms with Crippen LogP contribution in [0.15, 0.2) is 28.7 Å². The van der Waals surface area contributed by atoms with Crippen LogP contribution in [0.25, 0.3) is 0 Å². The highest BCUT2D eigenvalue weighted by molar-refractivity contribution is 7.13. The predicted octanol–water partition coefficient (Wildman–Crippen LogP) is 4.06. The van der Waals surface area contributed by atoms with Crippen molar-refractivity contribution in [3.05, 3.63) is 40.4 Å². The number of aromatic nitrogens is 1. The monoisotopic (exact) mass is 314 g/mol. The van der Waals surface area contributed by atoms with Crippen LogP contribution in [-0.4, -0.2) is 23.8 Å². The summed E-state index contributed by atoms with van der Waals surface area (Å²) >= 11 is 1.57. The molecule has 3 rings (SSSR count). The third kappa shape index (κ3) is 3.30. The zero-order chi connectivity index (χ0) is 15.5. The Kier molecular flexibility index (Phi) is 4.43. The van der Waals surface area contributed by atoms with Crippen LogP contribution in [0.5, 0.6) is 0 Å². The Morgan fingerprint density at radius 3 is 3.00 bits per heavy atom. The van der Waals surface area contributed by atoms with Crippen LogP contribution in [0.1, 0.15) is 37.1 Å². The third-order valence-corrected chi connectivity index (χ3v) is 4.74. The number of hydrogen-bond donors (Lipinski definition) is 1. The van der Waals surface area contributed by atoms with Crippen LogP contribution in [0.3, 0.4) is 0 Å². The molecule has 5 heteroatoms. The Hall–Kier alpha value is -1.88. The van der Waals surface area contributed by atoms with Crippen LogP contribution < -0.4 is 10.3 Å². The maximum absolute atomic E-state index is 4.33. The molecular weight excluding hydrogens is 292 g/mol. The lowest BCUT2D eigenvalue weighted by Gasteiger charge is -2.34. The lowest BCUT2D eigenvalue weighted by atomic mass is 9.98. The highest BCUT2D eigenvalue weighted by Gasteiger charge is 2.18. The van der Waals surface area contributed by atoms with E-state index in [1.54, 1.807) is 11.3 Å². The quantitative estimate of drug-likeness (QED) is 0.683. The summed E-state index contributed by atoms with van der Waals surface area (Å²) in [7, 11) is 0. The molecule has 1 aliphatic rings. The number of rotatable bonds is 4. The van der Waals surface area contributed by atoms with Gasteiger partial charge in [0.1, 0.15) is 0 Å². The average molecular weight is 314 g/mol. The molecule has 2 aromatic rings. The van der Waals surface area contributed by atoms with Gasteiger partial charge in [-0.15, -0.1) is 11.3 Å². The van der Waals surface area contributed by atoms with Gasteiger partial charge in [0.25, 0.3) is 0 Å². The largest absolute Gasteiger partial charge is 0.369 e. The van der Waals surface area contributed by atoms with Gasteiger partial charge in [-0.25, -0.2) is 4.98 Å². The van der Waals surface area contributed by atoms with Crippen molar-refractivity contribution in [1.82, 2.24) is 4.98 Å². The highest BCUT2D eigenvalue weighted by atomic mass is 32.1. The number of hydrogen-bond acceptors (Lipinski definition) is 5. The Bertz CT molecular complexity index is 675. The second-order valence-electron chi connectivity index (χ2n) is 5.94. The standard InChI is InChI=1S/C17H22N4S/c1-12(2)21-8-4-5-15-9-14(6-7-16(15)21)10-18-20-17-19-13(3)11-22-17/h6-7,9-12H,4-5,8H2,1-3H3,(H,19,20). The van der Waals surface area contributed by atoms with Gasteiger partial charge < -0.3 is 4.90 Å². The van der Waals surface area contributed by atoms with E-state index < -0.39 is 0 Å². The number of benzene rings is 1. The number of nitrogens with one attached hydrogen (secondary N) is 1. The van der Waals surface area contributed by atoms with Gasteiger partial charge in [-0.05, 0) is 56.9 Å². The van der Waals surface area contributed by atoms with Gasteiger partial charge in [0.2, 0.25) is 5.13 Å². The van der Waals surface area contributed by atoms with Gasteiger partial charge in [-0.1, -0.05) is 6.07 Å². The SMILES string of the molecule is Cc1csc(NN=Cc2ccc3c(c2)CCCN3C(C)C)n1. The lowest BCUT2D eigenvalue weighted by molar-refractivity contribution is 0.625. The fourth-order valence-electron chi connectivity index (χ4n) is 2.83. The van der Waals surface area contributed by atoms with Crippen molar-refractivity contribution in [2.24, 2.45) is 5.10 Å². The normalized spacial score (nSPS) is 14.6. The van der Waals surface area contributed by atoms with Gasteiger partial charge in [-0.3, -0.25) is 5.43 Å². The van der Waals surface area contributed by atoms with Crippen molar-refractivity contribution < 1.29 is 0 Å². The van der Waals surface area contributed by atoms with Crippen molar-refractivity contribution in [3.8, 4) is 0 Å². The number of nitrogens with zero attached hydrogens (tertiary/aromatic N) is 3. The van der Waals surface area contributed by atoms with E-state index in [0.29, 0.717) is 6.04 Å². The Labute approximate surface area is 135 Å². The number of thiazole rings is 1. The molecule has 0 aliphatic carbocycles. The number of fused-ring (bicyclic) bond motifs is 1. The zero-order valence-corrected chi connectivity index (χ0v) is 14.2. The molecule has 0 radical (unpaired) electrons. The van der Waals surface area contributed by atoms with Gasteiger partial charge >= 0.3 is 0 Å². The molecule has 1 aliphatic heterocycles. The Morgan fingerprint density at radius 2 is 2.27 bits per heavy atom. The molecule has 0 amide bonds. The first-order chi connectivity index (χ1) is 10.6. The molecule has 0 spiro atoms. The topological polar surface area (TPSA) is 40.5 Å². The van der Waals surface area contributed by atoms with Gasteiger partial charge in [0, 0.05) is 23.7 Å². The van der Waals surface area contributed by atoms with Crippen molar-refractivity contribution in [2.45, 2.75) is 39.7 Å². The molecular formula is C17H22N4S. The third-order valence-electron chi connectivity index (χ3n) is 3.87. The Morgan fingerprint density at radius 1 is 1.41 bits per heavy atom. The van der Waals surface area contributed by atoms with Crippen LogP contribution in [-0.2, 0) is 6.42 Å². The summed E-state index contributed by atoms with van der Waals surface area (Å²) in [6.07, 6.45) is 4.24. The van der Waals surface area contributed by atoms with Crippen LogP contribution in [0.2, 0.25) is 0 Å². The minimum Gasteiger partial charge on any atom is -0.369 e. The zero-order valence-electron chi connectivity index (χ0n) is 13.3. The number of anilines is 2. The molecule has 1 N–H and O–H groups in total. The summed E-state index contributed by atoms with van der Waals surface area (Å²) in [5, 5.41) is 7.13. The average Bonchev–Trinajstić information content (AvgIpc) is 2.92. The predicted molar refractivity (Wildman–Crippen MR) is 95.3 cm³/mol. The minimum atomic E-state index is 0.549. The van der Waals surface area contributed by atoms with E-state index in [1.165, 1.54) is 17.7 Å². The van der Waals surface area contributed by atoms with Crippen molar-refractivity contribution in [3.63, 3.8) is 0 Å². The molecule has 22 heavy (non-hydrogen) atoms. The van der Waals surface area contributed by atoms with E-state index >= 15 is 0 Å². The van der Waals surface area contributed by atoms with Crippen molar-refractivity contribution in [2.75, 3.05) is 16.9 Å². The minimum absolute atomic E-state index is 0.549. The summed E-state index contributed by atoms with van der Waals surface area (Å²) in [4.78, 5) is 6.81. The summed E-state index contributed by atoms with van der Waals surface area (Å²) < 4.78 is 0. The molecule has 0 bridgehead atoms. The van der Waals surface area contributed by atoms with E-state index in [1.807, 2.05) is 18.5 Å². The van der Waals surface area contributed by atoms with E-state index in [0.717, 1.165) is 29.4 Å². The smallest absolute Gasteiger partial charge is 0.203 e. The van der Waals surface area contributed by atoms with Crippen LogP contribution in [0.4, 0.5) is 10.8 Å². The van der Waals surface area contributed by atoms with Crippen molar-refractivity contribution >= 4 is 28.4 Å². The molecule has 0 unspecified atom stereocenters. The molecule has 2 heterocycles. The highest BCUT2D eigenvalue weighted by Crippen LogP contribution is 2.29. The van der Waals surface area contributed by atoms with E-state index in [2.05, 4.69) is 52.5 Å². The van der Waals surface area contributed by atoms with Crippen LogP contribution >= 0.6 is 11.3 Å².